The second-order valence-corrected chi connectivity index (χ2v) is 3.93. The SMILES string of the molecule is CC(N)C(O)/C(C=NCc1ccccc1)=C/N. The monoisotopic (exact) mass is 233 g/mol. The van der Waals surface area contributed by atoms with Crippen molar-refractivity contribution in [1.29, 1.82) is 0 Å². The number of hydrogen-bond donors (Lipinski definition) is 3. The summed E-state index contributed by atoms with van der Waals surface area (Å²) >= 11 is 0. The number of nitrogens with two attached hydrogens (primary N) is 2. The highest BCUT2D eigenvalue weighted by Crippen LogP contribution is 2.04. The van der Waals surface area contributed by atoms with Crippen molar-refractivity contribution < 1.29 is 5.11 Å². The van der Waals surface area contributed by atoms with Gasteiger partial charge in [0.2, 0.25) is 0 Å². The topological polar surface area (TPSA) is 84.6 Å². The predicted octanol–water partition coefficient (Wildman–Crippen LogP) is 0.808. The molecule has 0 aliphatic carbocycles. The summed E-state index contributed by atoms with van der Waals surface area (Å²) in [6.07, 6.45) is 2.13. The number of aliphatic hydroxyl groups is 1. The summed E-state index contributed by atoms with van der Waals surface area (Å²) in [4.78, 5) is 4.23. The van der Waals surface area contributed by atoms with Crippen LogP contribution in [0, 0.1) is 0 Å². The van der Waals surface area contributed by atoms with Crippen molar-refractivity contribution in [2.75, 3.05) is 0 Å². The van der Waals surface area contributed by atoms with Gasteiger partial charge in [-0.2, -0.15) is 0 Å². The fraction of sp³-hybridized carbons (Fsp3) is 0.308. The van der Waals surface area contributed by atoms with Crippen molar-refractivity contribution in [1.82, 2.24) is 0 Å². The van der Waals surface area contributed by atoms with E-state index in [0.717, 1.165) is 5.56 Å². The van der Waals surface area contributed by atoms with Crippen LogP contribution in [0.5, 0.6) is 0 Å². The number of nitrogens with zero attached hydrogens (tertiary/aromatic N) is 1. The first-order chi connectivity index (χ1) is 8.15. The smallest absolute Gasteiger partial charge is 0.0966 e. The Hall–Kier alpha value is -1.65. The van der Waals surface area contributed by atoms with Gasteiger partial charge in [-0.15, -0.1) is 0 Å². The zero-order valence-corrected chi connectivity index (χ0v) is 9.95. The van der Waals surface area contributed by atoms with E-state index in [1.165, 1.54) is 6.20 Å². The van der Waals surface area contributed by atoms with Gasteiger partial charge in [-0.05, 0) is 12.5 Å². The summed E-state index contributed by atoms with van der Waals surface area (Å²) in [6, 6.07) is 9.49. The third-order valence-electron chi connectivity index (χ3n) is 2.39. The molecule has 0 bridgehead atoms. The fourth-order valence-corrected chi connectivity index (χ4v) is 1.36. The first-order valence-corrected chi connectivity index (χ1v) is 5.54. The van der Waals surface area contributed by atoms with Crippen LogP contribution < -0.4 is 11.5 Å². The van der Waals surface area contributed by atoms with Crippen molar-refractivity contribution in [2.24, 2.45) is 16.5 Å². The van der Waals surface area contributed by atoms with Gasteiger partial charge < -0.3 is 16.6 Å². The average Bonchev–Trinajstić information content (AvgIpc) is 2.35. The Bertz CT molecular complexity index is 385. The average molecular weight is 233 g/mol. The predicted molar refractivity (Wildman–Crippen MR) is 70.6 cm³/mol. The third-order valence-corrected chi connectivity index (χ3v) is 2.39. The molecule has 0 aliphatic heterocycles. The van der Waals surface area contributed by atoms with Crippen LogP contribution in [0.1, 0.15) is 12.5 Å². The van der Waals surface area contributed by atoms with Gasteiger partial charge in [0.05, 0.1) is 12.6 Å². The number of aliphatic imine (C=N–C) groups is 1. The molecule has 0 amide bonds. The van der Waals surface area contributed by atoms with E-state index in [4.69, 9.17) is 11.5 Å². The van der Waals surface area contributed by atoms with E-state index in [0.29, 0.717) is 12.1 Å². The first-order valence-electron chi connectivity index (χ1n) is 5.54. The minimum Gasteiger partial charge on any atom is -0.404 e. The molecule has 0 aliphatic rings. The highest BCUT2D eigenvalue weighted by molar-refractivity contribution is 5.79. The van der Waals surface area contributed by atoms with Gasteiger partial charge in [0, 0.05) is 24.0 Å². The molecule has 0 spiro atoms. The molecule has 4 heteroatoms. The maximum Gasteiger partial charge on any atom is 0.0966 e. The number of aliphatic hydroxyl groups excluding tert-OH is 1. The molecule has 2 unspecified atom stereocenters. The van der Waals surface area contributed by atoms with E-state index in [2.05, 4.69) is 4.99 Å². The summed E-state index contributed by atoms with van der Waals surface area (Å²) in [6.45, 7) is 2.28. The molecule has 1 aromatic carbocycles. The molecule has 2 atom stereocenters. The Morgan fingerprint density at radius 2 is 2.06 bits per heavy atom. The molecule has 1 aromatic rings. The van der Waals surface area contributed by atoms with Crippen molar-refractivity contribution in [3.05, 3.63) is 47.7 Å². The molecule has 1 rings (SSSR count). The standard InChI is InChI=1S/C13H19N3O/c1-10(15)13(17)12(7-14)9-16-8-11-5-3-2-4-6-11/h2-7,9-10,13,17H,8,14-15H2,1H3/b12-7+,16-9?. The van der Waals surface area contributed by atoms with Gasteiger partial charge >= 0.3 is 0 Å². The Balaban J connectivity index is 2.58. The lowest BCUT2D eigenvalue weighted by atomic mass is 10.1. The van der Waals surface area contributed by atoms with Crippen LogP contribution in [-0.2, 0) is 6.54 Å². The lowest BCUT2D eigenvalue weighted by Gasteiger charge is -2.14. The molecular weight excluding hydrogens is 214 g/mol. The molecule has 0 fully saturated rings. The Labute approximate surface area is 102 Å². The van der Waals surface area contributed by atoms with Gasteiger partial charge in [0.15, 0.2) is 0 Å². The van der Waals surface area contributed by atoms with Crippen molar-refractivity contribution >= 4 is 6.21 Å². The molecule has 0 aromatic heterocycles. The van der Waals surface area contributed by atoms with Gasteiger partial charge in [-0.3, -0.25) is 4.99 Å². The Morgan fingerprint density at radius 1 is 1.41 bits per heavy atom. The molecule has 5 N–H and O–H groups in total. The summed E-state index contributed by atoms with van der Waals surface area (Å²) in [5.74, 6) is 0. The second kappa shape index (κ2) is 6.83. The number of hydrogen-bond acceptors (Lipinski definition) is 4. The van der Waals surface area contributed by atoms with Gasteiger partial charge in [-0.1, -0.05) is 30.3 Å². The van der Waals surface area contributed by atoms with E-state index in [9.17, 15) is 5.11 Å². The quantitative estimate of drug-likeness (QED) is 0.658. The zero-order valence-electron chi connectivity index (χ0n) is 9.95. The van der Waals surface area contributed by atoms with E-state index >= 15 is 0 Å². The van der Waals surface area contributed by atoms with Crippen LogP contribution in [0.25, 0.3) is 0 Å². The highest BCUT2D eigenvalue weighted by Gasteiger charge is 2.12. The van der Waals surface area contributed by atoms with Crippen LogP contribution in [0.2, 0.25) is 0 Å². The van der Waals surface area contributed by atoms with Crippen LogP contribution in [0.3, 0.4) is 0 Å². The summed E-state index contributed by atoms with van der Waals surface area (Å²) in [7, 11) is 0. The summed E-state index contributed by atoms with van der Waals surface area (Å²) < 4.78 is 0. The van der Waals surface area contributed by atoms with Crippen LogP contribution >= 0.6 is 0 Å². The third kappa shape index (κ3) is 4.38. The van der Waals surface area contributed by atoms with E-state index in [1.54, 1.807) is 13.1 Å². The molecule has 17 heavy (non-hydrogen) atoms. The van der Waals surface area contributed by atoms with Gasteiger partial charge in [-0.25, -0.2) is 0 Å². The summed E-state index contributed by atoms with van der Waals surface area (Å²) in [5, 5.41) is 9.72. The van der Waals surface area contributed by atoms with Gasteiger partial charge in [0.1, 0.15) is 0 Å². The number of rotatable bonds is 5. The van der Waals surface area contributed by atoms with Crippen molar-refractivity contribution in [2.45, 2.75) is 25.6 Å². The Morgan fingerprint density at radius 3 is 2.59 bits per heavy atom. The van der Waals surface area contributed by atoms with Crippen LogP contribution in [0.15, 0.2) is 47.1 Å². The largest absolute Gasteiger partial charge is 0.404 e. The molecule has 0 heterocycles. The zero-order chi connectivity index (χ0) is 12.7. The van der Waals surface area contributed by atoms with Crippen molar-refractivity contribution in [3.8, 4) is 0 Å². The molecular formula is C13H19N3O. The van der Waals surface area contributed by atoms with E-state index in [1.807, 2.05) is 30.3 Å². The highest BCUT2D eigenvalue weighted by atomic mass is 16.3. The molecule has 92 valence electrons. The molecule has 4 nitrogen and oxygen atoms in total. The van der Waals surface area contributed by atoms with E-state index < -0.39 is 6.10 Å². The van der Waals surface area contributed by atoms with Crippen LogP contribution in [-0.4, -0.2) is 23.5 Å². The first kappa shape index (κ1) is 13.4. The minimum atomic E-state index is -0.778. The van der Waals surface area contributed by atoms with E-state index in [-0.39, 0.29) is 6.04 Å². The normalized spacial score (nSPS) is 16.1. The Kier molecular flexibility index (Phi) is 5.39. The molecule has 0 saturated heterocycles. The lowest BCUT2D eigenvalue weighted by molar-refractivity contribution is 0.192. The lowest BCUT2D eigenvalue weighted by Crippen LogP contribution is -2.33. The second-order valence-electron chi connectivity index (χ2n) is 3.93. The molecule has 0 radical (unpaired) electrons. The maximum absolute atomic E-state index is 9.72. The van der Waals surface area contributed by atoms with Crippen LogP contribution in [0.4, 0.5) is 0 Å². The summed E-state index contributed by atoms with van der Waals surface area (Å²) in [5.41, 5.74) is 12.7. The van der Waals surface area contributed by atoms with Crippen molar-refractivity contribution in [3.63, 3.8) is 0 Å². The fourth-order valence-electron chi connectivity index (χ4n) is 1.36. The van der Waals surface area contributed by atoms with Gasteiger partial charge in [0.25, 0.3) is 0 Å². The minimum absolute atomic E-state index is 0.368. The number of benzene rings is 1. The maximum atomic E-state index is 9.72. The molecule has 0 saturated carbocycles.